The van der Waals surface area contributed by atoms with E-state index in [0.717, 1.165) is 25.9 Å². The molecule has 3 fully saturated rings. The third kappa shape index (κ3) is 1.94. The molecule has 4 nitrogen and oxygen atoms in total. The molecule has 3 rings (SSSR count). The number of hydrogen-bond donors (Lipinski definition) is 0. The van der Waals surface area contributed by atoms with Crippen LogP contribution in [0.4, 0.5) is 0 Å². The van der Waals surface area contributed by atoms with Crippen molar-refractivity contribution in [1.29, 1.82) is 0 Å². The molecule has 4 heteroatoms. The zero-order valence-corrected chi connectivity index (χ0v) is 10.4. The van der Waals surface area contributed by atoms with Gasteiger partial charge >= 0.3 is 0 Å². The molecule has 1 saturated carbocycles. The van der Waals surface area contributed by atoms with E-state index in [1.165, 1.54) is 12.8 Å². The molecule has 0 spiro atoms. The van der Waals surface area contributed by atoms with Crippen molar-refractivity contribution in [3.05, 3.63) is 0 Å². The highest BCUT2D eigenvalue weighted by molar-refractivity contribution is 5.90. The van der Waals surface area contributed by atoms with Crippen LogP contribution in [0.3, 0.4) is 0 Å². The van der Waals surface area contributed by atoms with Crippen LogP contribution in [0.25, 0.3) is 0 Å². The highest BCUT2D eigenvalue weighted by Crippen LogP contribution is 2.45. The van der Waals surface area contributed by atoms with Crippen molar-refractivity contribution < 1.29 is 9.59 Å². The Balaban J connectivity index is 1.77. The molecule has 0 aromatic heterocycles. The number of amides is 2. The van der Waals surface area contributed by atoms with Gasteiger partial charge in [0, 0.05) is 26.1 Å². The van der Waals surface area contributed by atoms with Crippen LogP contribution < -0.4 is 0 Å². The maximum absolute atomic E-state index is 12.4. The fraction of sp³-hybridized carbons (Fsp3) is 0.846. The molecule has 17 heavy (non-hydrogen) atoms. The molecule has 2 amide bonds. The van der Waals surface area contributed by atoms with Crippen LogP contribution in [0.5, 0.6) is 0 Å². The first-order chi connectivity index (χ1) is 8.09. The molecule has 0 bridgehead atoms. The SMILES string of the molecule is CC1(CN2CCC(=O)N3CCCC3C2=O)CC1. The van der Waals surface area contributed by atoms with E-state index >= 15 is 0 Å². The van der Waals surface area contributed by atoms with Crippen molar-refractivity contribution in [1.82, 2.24) is 9.80 Å². The Morgan fingerprint density at radius 1 is 1.29 bits per heavy atom. The van der Waals surface area contributed by atoms with E-state index in [2.05, 4.69) is 6.92 Å². The number of rotatable bonds is 2. The predicted molar refractivity (Wildman–Crippen MR) is 63.3 cm³/mol. The van der Waals surface area contributed by atoms with Gasteiger partial charge in [-0.3, -0.25) is 9.59 Å². The van der Waals surface area contributed by atoms with Gasteiger partial charge < -0.3 is 9.80 Å². The third-order valence-corrected chi connectivity index (χ3v) is 4.44. The molecule has 1 aliphatic carbocycles. The number of hydrogen-bond acceptors (Lipinski definition) is 2. The van der Waals surface area contributed by atoms with Gasteiger partial charge in [0.25, 0.3) is 0 Å². The van der Waals surface area contributed by atoms with E-state index in [9.17, 15) is 9.59 Å². The van der Waals surface area contributed by atoms with Crippen LogP contribution in [0.15, 0.2) is 0 Å². The summed E-state index contributed by atoms with van der Waals surface area (Å²) in [6.07, 6.45) is 4.79. The second-order valence-electron chi connectivity index (χ2n) is 6.07. The number of carbonyl (C=O) groups excluding carboxylic acids is 2. The van der Waals surface area contributed by atoms with Crippen LogP contribution in [0.2, 0.25) is 0 Å². The molecule has 1 atom stereocenters. The van der Waals surface area contributed by atoms with Crippen molar-refractivity contribution in [3.63, 3.8) is 0 Å². The van der Waals surface area contributed by atoms with Gasteiger partial charge in [0.05, 0.1) is 0 Å². The van der Waals surface area contributed by atoms with Crippen molar-refractivity contribution >= 4 is 11.8 Å². The average Bonchev–Trinajstić information content (AvgIpc) is 2.87. The van der Waals surface area contributed by atoms with E-state index in [1.807, 2.05) is 4.90 Å². The Morgan fingerprint density at radius 3 is 2.76 bits per heavy atom. The Labute approximate surface area is 102 Å². The predicted octanol–water partition coefficient (Wildman–Crippen LogP) is 1.01. The maximum atomic E-state index is 12.4. The Hall–Kier alpha value is -1.06. The van der Waals surface area contributed by atoms with Crippen molar-refractivity contribution in [2.75, 3.05) is 19.6 Å². The van der Waals surface area contributed by atoms with Gasteiger partial charge in [0.1, 0.15) is 6.04 Å². The fourth-order valence-electron chi connectivity index (χ4n) is 3.01. The number of carbonyl (C=O) groups is 2. The van der Waals surface area contributed by atoms with E-state index < -0.39 is 0 Å². The highest BCUT2D eigenvalue weighted by atomic mass is 16.2. The molecular formula is C13H20N2O2. The van der Waals surface area contributed by atoms with Crippen LogP contribution in [-0.2, 0) is 9.59 Å². The molecule has 2 saturated heterocycles. The third-order valence-electron chi connectivity index (χ3n) is 4.44. The summed E-state index contributed by atoms with van der Waals surface area (Å²) in [6, 6.07) is -0.146. The van der Waals surface area contributed by atoms with Gasteiger partial charge in [-0.2, -0.15) is 0 Å². The molecule has 0 N–H and O–H groups in total. The van der Waals surface area contributed by atoms with Crippen molar-refractivity contribution in [3.8, 4) is 0 Å². The van der Waals surface area contributed by atoms with Crippen LogP contribution in [-0.4, -0.2) is 47.3 Å². The summed E-state index contributed by atoms with van der Waals surface area (Å²) in [6.45, 7) is 4.49. The molecule has 2 heterocycles. The summed E-state index contributed by atoms with van der Waals surface area (Å²) in [5.41, 5.74) is 0.340. The lowest BCUT2D eigenvalue weighted by Crippen LogP contribution is -2.45. The summed E-state index contributed by atoms with van der Waals surface area (Å²) in [5, 5.41) is 0. The van der Waals surface area contributed by atoms with Gasteiger partial charge in [-0.25, -0.2) is 0 Å². The molecule has 1 unspecified atom stereocenters. The minimum atomic E-state index is -0.146. The minimum Gasteiger partial charge on any atom is -0.340 e. The first-order valence-electron chi connectivity index (χ1n) is 6.67. The van der Waals surface area contributed by atoms with Gasteiger partial charge in [0.15, 0.2) is 0 Å². The van der Waals surface area contributed by atoms with Gasteiger partial charge in [-0.05, 0) is 31.1 Å². The molecule has 3 aliphatic rings. The number of nitrogens with zero attached hydrogens (tertiary/aromatic N) is 2. The highest BCUT2D eigenvalue weighted by Gasteiger charge is 2.44. The normalized spacial score (nSPS) is 31.5. The van der Waals surface area contributed by atoms with Crippen molar-refractivity contribution in [2.45, 2.75) is 45.1 Å². The Morgan fingerprint density at radius 2 is 2.06 bits per heavy atom. The number of fused-ring (bicyclic) bond motifs is 1. The van der Waals surface area contributed by atoms with Gasteiger partial charge in [-0.15, -0.1) is 0 Å². The van der Waals surface area contributed by atoms with E-state index in [1.54, 1.807) is 4.90 Å². The quantitative estimate of drug-likeness (QED) is 0.718. The van der Waals surface area contributed by atoms with Crippen LogP contribution in [0, 0.1) is 5.41 Å². The lowest BCUT2D eigenvalue weighted by atomic mass is 10.1. The lowest BCUT2D eigenvalue weighted by Gasteiger charge is -2.27. The summed E-state index contributed by atoms with van der Waals surface area (Å²) in [5.74, 6) is 0.366. The van der Waals surface area contributed by atoms with E-state index in [-0.39, 0.29) is 17.9 Å². The largest absolute Gasteiger partial charge is 0.340 e. The fourth-order valence-corrected chi connectivity index (χ4v) is 3.01. The van der Waals surface area contributed by atoms with Crippen LogP contribution in [0.1, 0.15) is 39.0 Å². The zero-order valence-electron chi connectivity index (χ0n) is 10.4. The Bertz CT molecular complexity index is 362. The average molecular weight is 236 g/mol. The second-order valence-corrected chi connectivity index (χ2v) is 6.07. The van der Waals surface area contributed by atoms with E-state index in [0.29, 0.717) is 18.4 Å². The maximum Gasteiger partial charge on any atom is 0.245 e. The van der Waals surface area contributed by atoms with Gasteiger partial charge in [-0.1, -0.05) is 6.92 Å². The Kier molecular flexibility index (Phi) is 2.42. The standard InChI is InChI=1S/C13H20N2O2/c1-13(5-6-13)9-14-8-4-11(16)15-7-2-3-10(15)12(14)17/h10H,2-9H2,1H3. The molecule has 0 aromatic rings. The molecular weight excluding hydrogens is 216 g/mol. The van der Waals surface area contributed by atoms with Crippen LogP contribution >= 0.6 is 0 Å². The first-order valence-corrected chi connectivity index (χ1v) is 6.67. The van der Waals surface area contributed by atoms with E-state index in [4.69, 9.17) is 0 Å². The summed E-state index contributed by atoms with van der Waals surface area (Å²) in [7, 11) is 0. The summed E-state index contributed by atoms with van der Waals surface area (Å²) >= 11 is 0. The smallest absolute Gasteiger partial charge is 0.245 e. The minimum absolute atomic E-state index is 0.146. The summed E-state index contributed by atoms with van der Waals surface area (Å²) < 4.78 is 0. The molecule has 0 radical (unpaired) electrons. The molecule has 94 valence electrons. The topological polar surface area (TPSA) is 40.6 Å². The zero-order chi connectivity index (χ0) is 12.0. The second kappa shape index (κ2) is 3.72. The van der Waals surface area contributed by atoms with Crippen molar-refractivity contribution in [2.24, 2.45) is 5.41 Å². The lowest BCUT2D eigenvalue weighted by molar-refractivity contribution is -0.139. The first kappa shape index (κ1) is 11.1. The molecule has 2 aliphatic heterocycles. The monoisotopic (exact) mass is 236 g/mol. The molecule has 0 aromatic carbocycles. The summed E-state index contributed by atoms with van der Waals surface area (Å²) in [4.78, 5) is 28.1. The van der Waals surface area contributed by atoms with Gasteiger partial charge in [0.2, 0.25) is 11.8 Å².